The second-order valence-electron chi connectivity index (χ2n) is 8.39. The summed E-state index contributed by atoms with van der Waals surface area (Å²) in [6.45, 7) is 0.953. The molecule has 4 rings (SSSR count). The van der Waals surface area contributed by atoms with E-state index in [0.717, 1.165) is 30.8 Å². The first-order chi connectivity index (χ1) is 17.3. The number of benzene rings is 2. The Morgan fingerprint density at radius 2 is 1.78 bits per heavy atom. The van der Waals surface area contributed by atoms with E-state index in [4.69, 9.17) is 33.3 Å². The third kappa shape index (κ3) is 6.20. The second-order valence-corrected chi connectivity index (χ2v) is 9.26. The molecule has 8 nitrogen and oxygen atoms in total. The number of amidine groups is 1. The summed E-state index contributed by atoms with van der Waals surface area (Å²) < 4.78 is 0. The van der Waals surface area contributed by atoms with Gasteiger partial charge < -0.3 is 20.6 Å². The number of rotatable bonds is 8. The monoisotopic (exact) mass is 525 g/mol. The smallest absolute Gasteiger partial charge is 0.258 e. The predicted octanol–water partition coefficient (Wildman–Crippen LogP) is 4.73. The maximum atomic E-state index is 13.0. The number of nitrogens with zero attached hydrogens (tertiary/aromatic N) is 3. The zero-order chi connectivity index (χ0) is 25.7. The van der Waals surface area contributed by atoms with E-state index < -0.39 is 5.91 Å². The van der Waals surface area contributed by atoms with E-state index in [0.29, 0.717) is 27.1 Å². The fraction of sp³-hybridized carbons (Fsp3) is 0.231. The maximum Gasteiger partial charge on any atom is 0.258 e. The zero-order valence-electron chi connectivity index (χ0n) is 19.5. The number of aliphatic imine (C=N–C) groups is 1. The van der Waals surface area contributed by atoms with Crippen molar-refractivity contribution >= 4 is 52.4 Å². The molecule has 36 heavy (non-hydrogen) atoms. The Labute approximate surface area is 219 Å². The molecule has 3 N–H and O–H groups in total. The standard InChI is InChI=1S/C26H25Cl2N5O3/c1-33-15-20(3-2-12-34)30-24(33)16-4-6-17(7-5-16)25(35)31-22-10-8-18(27)13-21(22)26(36)32-23-11-9-19(28)14-29-23/h4-11,13-14,20,34H,2-3,12,15H2,1H3,(H,31,35)(H,29,32,36). The normalized spacial score (nSPS) is 14.9. The number of aromatic nitrogens is 1. The van der Waals surface area contributed by atoms with Crippen molar-refractivity contribution in [2.24, 2.45) is 4.99 Å². The number of hydrogen-bond donors (Lipinski definition) is 3. The lowest BCUT2D eigenvalue weighted by Gasteiger charge is -2.15. The Balaban J connectivity index is 1.48. The molecule has 3 aromatic rings. The van der Waals surface area contributed by atoms with E-state index in [2.05, 4.69) is 20.5 Å². The average molecular weight is 526 g/mol. The van der Waals surface area contributed by atoms with Gasteiger partial charge in [0.05, 0.1) is 22.3 Å². The minimum Gasteiger partial charge on any atom is -0.396 e. The summed E-state index contributed by atoms with van der Waals surface area (Å²) in [5.41, 5.74) is 1.84. The van der Waals surface area contributed by atoms with Gasteiger partial charge in [-0.15, -0.1) is 0 Å². The van der Waals surface area contributed by atoms with Crippen molar-refractivity contribution in [1.29, 1.82) is 0 Å². The number of hydrogen-bond acceptors (Lipinski definition) is 6. The van der Waals surface area contributed by atoms with Crippen LogP contribution in [0.2, 0.25) is 10.0 Å². The van der Waals surface area contributed by atoms with Crippen LogP contribution < -0.4 is 10.6 Å². The van der Waals surface area contributed by atoms with E-state index in [1.54, 1.807) is 36.4 Å². The molecule has 2 heterocycles. The van der Waals surface area contributed by atoms with Gasteiger partial charge in [-0.1, -0.05) is 35.3 Å². The molecule has 2 amide bonds. The second kappa shape index (κ2) is 11.5. The third-order valence-electron chi connectivity index (χ3n) is 5.70. The molecule has 0 aliphatic carbocycles. The highest BCUT2D eigenvalue weighted by atomic mass is 35.5. The number of amides is 2. The number of carbonyl (C=O) groups is 2. The lowest BCUT2D eigenvalue weighted by atomic mass is 10.1. The highest BCUT2D eigenvalue weighted by molar-refractivity contribution is 6.31. The van der Waals surface area contributed by atoms with Crippen LogP contribution in [0, 0.1) is 0 Å². The number of nitrogens with one attached hydrogen (secondary N) is 2. The molecule has 1 unspecified atom stereocenters. The van der Waals surface area contributed by atoms with Crippen molar-refractivity contribution in [3.63, 3.8) is 0 Å². The third-order valence-corrected chi connectivity index (χ3v) is 6.15. The topological polar surface area (TPSA) is 107 Å². The van der Waals surface area contributed by atoms with Crippen LogP contribution in [-0.4, -0.2) is 58.9 Å². The van der Waals surface area contributed by atoms with Crippen LogP contribution >= 0.6 is 23.2 Å². The highest BCUT2D eigenvalue weighted by Gasteiger charge is 2.23. The first-order valence-corrected chi connectivity index (χ1v) is 12.1. The molecular formula is C26H25Cl2N5O3. The molecule has 1 aliphatic rings. The van der Waals surface area contributed by atoms with Crippen LogP contribution in [0.1, 0.15) is 39.1 Å². The Morgan fingerprint density at radius 1 is 1.03 bits per heavy atom. The minimum atomic E-state index is -0.476. The molecule has 0 radical (unpaired) electrons. The van der Waals surface area contributed by atoms with Crippen molar-refractivity contribution < 1.29 is 14.7 Å². The van der Waals surface area contributed by atoms with E-state index in [9.17, 15) is 9.59 Å². The molecule has 0 saturated carbocycles. The van der Waals surface area contributed by atoms with E-state index in [1.807, 2.05) is 19.2 Å². The van der Waals surface area contributed by atoms with Crippen LogP contribution in [0.5, 0.6) is 0 Å². The summed E-state index contributed by atoms with van der Waals surface area (Å²) in [6.07, 6.45) is 2.97. The van der Waals surface area contributed by atoms with E-state index >= 15 is 0 Å². The van der Waals surface area contributed by atoms with Gasteiger partial charge in [-0.25, -0.2) is 4.98 Å². The van der Waals surface area contributed by atoms with Crippen LogP contribution in [-0.2, 0) is 0 Å². The van der Waals surface area contributed by atoms with Gasteiger partial charge in [-0.2, -0.15) is 0 Å². The molecule has 10 heteroatoms. The summed E-state index contributed by atoms with van der Waals surface area (Å²) in [5.74, 6) is 0.328. The number of carbonyl (C=O) groups excluding carboxylic acids is 2. The lowest BCUT2D eigenvalue weighted by Crippen LogP contribution is -2.25. The van der Waals surface area contributed by atoms with Crippen molar-refractivity contribution in [1.82, 2.24) is 9.88 Å². The van der Waals surface area contributed by atoms with Crippen LogP contribution in [0.3, 0.4) is 0 Å². The van der Waals surface area contributed by atoms with Gasteiger partial charge in [-0.05, 0) is 55.3 Å². The summed E-state index contributed by atoms with van der Waals surface area (Å²) >= 11 is 12.0. The van der Waals surface area contributed by atoms with Crippen molar-refractivity contribution in [3.8, 4) is 0 Å². The molecule has 1 aliphatic heterocycles. The van der Waals surface area contributed by atoms with Gasteiger partial charge >= 0.3 is 0 Å². The minimum absolute atomic E-state index is 0.151. The molecule has 0 fully saturated rings. The number of pyridine rings is 1. The quantitative estimate of drug-likeness (QED) is 0.394. The Morgan fingerprint density at radius 3 is 2.47 bits per heavy atom. The molecule has 1 aromatic heterocycles. The fourth-order valence-corrected chi connectivity index (χ4v) is 4.19. The van der Waals surface area contributed by atoms with Crippen molar-refractivity contribution in [2.75, 3.05) is 30.8 Å². The van der Waals surface area contributed by atoms with Gasteiger partial charge in [0, 0.05) is 42.5 Å². The maximum absolute atomic E-state index is 13.0. The highest BCUT2D eigenvalue weighted by Crippen LogP contribution is 2.24. The molecule has 0 bridgehead atoms. The largest absolute Gasteiger partial charge is 0.396 e. The van der Waals surface area contributed by atoms with Crippen LogP contribution in [0.15, 0.2) is 65.8 Å². The van der Waals surface area contributed by atoms with Gasteiger partial charge in [-0.3, -0.25) is 14.6 Å². The number of aliphatic hydroxyl groups is 1. The van der Waals surface area contributed by atoms with Gasteiger partial charge in [0.1, 0.15) is 11.7 Å². The first kappa shape index (κ1) is 25.6. The van der Waals surface area contributed by atoms with Crippen molar-refractivity contribution in [3.05, 3.63) is 87.5 Å². The molecule has 2 aromatic carbocycles. The summed E-state index contributed by atoms with van der Waals surface area (Å²) in [4.78, 5) is 36.7. The molecule has 1 atom stereocenters. The SMILES string of the molecule is CN1CC(CCCO)N=C1c1ccc(C(=O)Nc2ccc(Cl)cc2C(=O)Nc2ccc(Cl)cn2)cc1. The fourth-order valence-electron chi connectivity index (χ4n) is 3.90. The number of anilines is 2. The zero-order valence-corrected chi connectivity index (χ0v) is 21.1. The van der Waals surface area contributed by atoms with Crippen LogP contribution in [0.25, 0.3) is 0 Å². The number of halogens is 2. The Kier molecular flexibility index (Phi) is 8.20. The average Bonchev–Trinajstić information content (AvgIpc) is 3.25. The molecule has 186 valence electrons. The molecule has 0 spiro atoms. The summed E-state index contributed by atoms with van der Waals surface area (Å²) in [5, 5.41) is 15.3. The van der Waals surface area contributed by atoms with Gasteiger partial charge in [0.25, 0.3) is 11.8 Å². The lowest BCUT2D eigenvalue weighted by molar-refractivity contribution is 0.102. The van der Waals surface area contributed by atoms with Crippen molar-refractivity contribution in [2.45, 2.75) is 18.9 Å². The van der Waals surface area contributed by atoms with E-state index in [1.165, 1.54) is 12.3 Å². The Bertz CT molecular complexity index is 1280. The molecular weight excluding hydrogens is 501 g/mol. The summed E-state index contributed by atoms with van der Waals surface area (Å²) in [7, 11) is 1.98. The van der Waals surface area contributed by atoms with Gasteiger partial charge in [0.2, 0.25) is 0 Å². The van der Waals surface area contributed by atoms with Gasteiger partial charge in [0.15, 0.2) is 0 Å². The first-order valence-electron chi connectivity index (χ1n) is 11.4. The van der Waals surface area contributed by atoms with E-state index in [-0.39, 0.29) is 24.1 Å². The summed E-state index contributed by atoms with van der Waals surface area (Å²) in [6, 6.07) is 15.1. The predicted molar refractivity (Wildman–Crippen MR) is 142 cm³/mol. The number of aliphatic hydroxyl groups excluding tert-OH is 1. The Hall–Kier alpha value is -3.46. The number of likely N-dealkylation sites (N-methyl/N-ethyl adjacent to an activating group) is 1. The molecule has 0 saturated heterocycles. The van der Waals surface area contributed by atoms with Crippen LogP contribution in [0.4, 0.5) is 11.5 Å².